The topological polar surface area (TPSA) is 58.2 Å². The lowest BCUT2D eigenvalue weighted by Crippen LogP contribution is -2.34. The molecule has 0 bridgehead atoms. The van der Waals surface area contributed by atoms with E-state index in [0.29, 0.717) is 5.92 Å². The third-order valence-electron chi connectivity index (χ3n) is 4.22. The quantitative estimate of drug-likeness (QED) is 0.796. The number of para-hydroxylation sites is 1. The Morgan fingerprint density at radius 2 is 1.46 bits per heavy atom. The number of carbonyl (C=O) groups excluding carboxylic acids is 2. The van der Waals surface area contributed by atoms with Gasteiger partial charge in [-0.05, 0) is 48.4 Å². The molecule has 26 heavy (non-hydrogen) atoms. The number of nitrogens with one attached hydrogen (secondary N) is 2. The zero-order chi connectivity index (χ0) is 19.1. The minimum atomic E-state index is -0.219. The molecular formula is C22H28N2O2. The van der Waals surface area contributed by atoms with Crippen LogP contribution in [-0.4, -0.2) is 18.4 Å². The molecule has 0 fully saturated rings. The molecule has 0 aliphatic rings. The normalized spacial score (nSPS) is 10.7. The van der Waals surface area contributed by atoms with Gasteiger partial charge < -0.3 is 10.6 Å². The van der Waals surface area contributed by atoms with Gasteiger partial charge in [0.2, 0.25) is 11.8 Å². The van der Waals surface area contributed by atoms with E-state index in [1.54, 1.807) is 0 Å². The fraction of sp³-hybridized carbons (Fsp3) is 0.364. The van der Waals surface area contributed by atoms with Crippen LogP contribution in [0.3, 0.4) is 0 Å². The van der Waals surface area contributed by atoms with Crippen LogP contribution < -0.4 is 10.6 Å². The third kappa shape index (κ3) is 6.03. The molecule has 2 aromatic carbocycles. The Labute approximate surface area is 156 Å². The molecule has 0 saturated carbocycles. The fourth-order valence-electron chi connectivity index (χ4n) is 2.89. The monoisotopic (exact) mass is 352 g/mol. The molecule has 138 valence electrons. The van der Waals surface area contributed by atoms with Crippen molar-refractivity contribution in [2.75, 3.05) is 11.9 Å². The van der Waals surface area contributed by atoms with Crippen molar-refractivity contribution >= 4 is 17.5 Å². The Bertz CT molecular complexity index is 744. The summed E-state index contributed by atoms with van der Waals surface area (Å²) >= 11 is 0. The first-order valence-corrected chi connectivity index (χ1v) is 9.05. The van der Waals surface area contributed by atoms with E-state index in [9.17, 15) is 9.59 Å². The van der Waals surface area contributed by atoms with Crippen molar-refractivity contribution in [1.82, 2.24) is 5.32 Å². The first-order chi connectivity index (χ1) is 12.3. The SMILES string of the molecule is Cc1cccc(C)c1NC(=O)CNC(=O)Cc1ccc(CC(C)C)cc1. The largest absolute Gasteiger partial charge is 0.347 e. The Kier molecular flexibility index (Phi) is 6.96. The second-order valence-corrected chi connectivity index (χ2v) is 7.18. The summed E-state index contributed by atoms with van der Waals surface area (Å²) in [6, 6.07) is 13.9. The molecule has 0 atom stereocenters. The molecule has 0 saturated heterocycles. The number of rotatable bonds is 7. The van der Waals surface area contributed by atoms with Gasteiger partial charge in [-0.2, -0.15) is 0 Å². The molecule has 2 N–H and O–H groups in total. The third-order valence-corrected chi connectivity index (χ3v) is 4.22. The van der Waals surface area contributed by atoms with Gasteiger partial charge in [-0.15, -0.1) is 0 Å². The molecular weight excluding hydrogens is 324 g/mol. The summed E-state index contributed by atoms with van der Waals surface area (Å²) in [6.07, 6.45) is 1.31. The minimum absolute atomic E-state index is 0.0297. The molecule has 0 heterocycles. The standard InChI is InChI=1S/C22H28N2O2/c1-15(2)12-18-8-10-19(11-9-18)13-20(25)23-14-21(26)24-22-16(3)6-5-7-17(22)4/h5-11,15H,12-14H2,1-4H3,(H,23,25)(H,24,26). The first-order valence-electron chi connectivity index (χ1n) is 9.05. The molecule has 0 radical (unpaired) electrons. The van der Waals surface area contributed by atoms with Crippen molar-refractivity contribution in [1.29, 1.82) is 0 Å². The van der Waals surface area contributed by atoms with Crippen molar-refractivity contribution in [2.45, 2.75) is 40.5 Å². The van der Waals surface area contributed by atoms with Crippen molar-refractivity contribution in [2.24, 2.45) is 5.92 Å². The molecule has 0 aliphatic carbocycles. The van der Waals surface area contributed by atoms with E-state index < -0.39 is 0 Å². The number of amides is 2. The van der Waals surface area contributed by atoms with Crippen LogP contribution in [0.4, 0.5) is 5.69 Å². The lowest BCUT2D eigenvalue weighted by Gasteiger charge is -2.12. The summed E-state index contributed by atoms with van der Waals surface area (Å²) in [7, 11) is 0. The molecule has 0 unspecified atom stereocenters. The Hall–Kier alpha value is -2.62. The average molecular weight is 352 g/mol. The molecule has 4 heteroatoms. The molecule has 4 nitrogen and oxygen atoms in total. The molecule has 0 spiro atoms. The summed E-state index contributed by atoms with van der Waals surface area (Å²) in [5.41, 5.74) is 5.05. The summed E-state index contributed by atoms with van der Waals surface area (Å²) < 4.78 is 0. The van der Waals surface area contributed by atoms with Gasteiger partial charge in [-0.3, -0.25) is 9.59 Å². The highest BCUT2D eigenvalue weighted by Gasteiger charge is 2.09. The first kappa shape index (κ1) is 19.7. The Morgan fingerprint density at radius 1 is 0.885 bits per heavy atom. The van der Waals surface area contributed by atoms with Crippen LogP contribution in [0, 0.1) is 19.8 Å². The zero-order valence-electron chi connectivity index (χ0n) is 16.1. The highest BCUT2D eigenvalue weighted by molar-refractivity contribution is 5.95. The molecule has 2 aromatic rings. The summed E-state index contributed by atoms with van der Waals surface area (Å²) in [6.45, 7) is 8.24. The highest BCUT2D eigenvalue weighted by Crippen LogP contribution is 2.19. The van der Waals surface area contributed by atoms with Crippen molar-refractivity contribution in [3.63, 3.8) is 0 Å². The van der Waals surface area contributed by atoms with E-state index in [0.717, 1.165) is 28.8 Å². The van der Waals surface area contributed by atoms with Crippen LogP contribution in [0.2, 0.25) is 0 Å². The minimum Gasteiger partial charge on any atom is -0.347 e. The maximum atomic E-state index is 12.1. The van der Waals surface area contributed by atoms with Crippen LogP contribution >= 0.6 is 0 Å². The lowest BCUT2D eigenvalue weighted by molar-refractivity contribution is -0.123. The molecule has 2 rings (SSSR count). The van der Waals surface area contributed by atoms with Crippen LogP contribution in [0.5, 0.6) is 0 Å². The van der Waals surface area contributed by atoms with Crippen molar-refractivity contribution < 1.29 is 9.59 Å². The molecule has 0 aromatic heterocycles. The van der Waals surface area contributed by atoms with Gasteiger partial charge in [0.1, 0.15) is 0 Å². The Balaban J connectivity index is 1.82. The zero-order valence-corrected chi connectivity index (χ0v) is 16.1. The van der Waals surface area contributed by atoms with Gasteiger partial charge in [0.15, 0.2) is 0 Å². The van der Waals surface area contributed by atoms with E-state index in [1.807, 2.05) is 44.2 Å². The number of benzene rings is 2. The summed E-state index contributed by atoms with van der Waals surface area (Å²) in [5.74, 6) is 0.237. The van der Waals surface area contributed by atoms with Gasteiger partial charge in [0.05, 0.1) is 13.0 Å². The van der Waals surface area contributed by atoms with E-state index in [1.165, 1.54) is 5.56 Å². The van der Waals surface area contributed by atoms with E-state index >= 15 is 0 Å². The van der Waals surface area contributed by atoms with E-state index in [-0.39, 0.29) is 24.8 Å². The van der Waals surface area contributed by atoms with Gasteiger partial charge >= 0.3 is 0 Å². The number of carbonyl (C=O) groups is 2. The lowest BCUT2D eigenvalue weighted by atomic mass is 10.0. The van der Waals surface area contributed by atoms with Crippen LogP contribution in [0.15, 0.2) is 42.5 Å². The number of aryl methyl sites for hydroxylation is 2. The average Bonchev–Trinajstić information content (AvgIpc) is 2.58. The van der Waals surface area contributed by atoms with Gasteiger partial charge in [-0.1, -0.05) is 56.3 Å². The van der Waals surface area contributed by atoms with Gasteiger partial charge in [0, 0.05) is 5.69 Å². The number of hydrogen-bond acceptors (Lipinski definition) is 2. The Morgan fingerprint density at radius 3 is 2.04 bits per heavy atom. The number of anilines is 1. The van der Waals surface area contributed by atoms with E-state index in [2.05, 4.69) is 36.6 Å². The van der Waals surface area contributed by atoms with Crippen molar-refractivity contribution in [3.05, 3.63) is 64.7 Å². The maximum absolute atomic E-state index is 12.1. The van der Waals surface area contributed by atoms with E-state index in [4.69, 9.17) is 0 Å². The predicted molar refractivity (Wildman–Crippen MR) is 106 cm³/mol. The van der Waals surface area contributed by atoms with Crippen LogP contribution in [0.25, 0.3) is 0 Å². The number of hydrogen-bond donors (Lipinski definition) is 2. The van der Waals surface area contributed by atoms with Gasteiger partial charge in [-0.25, -0.2) is 0 Å². The van der Waals surface area contributed by atoms with Crippen LogP contribution in [-0.2, 0) is 22.4 Å². The summed E-state index contributed by atoms with van der Waals surface area (Å²) in [5, 5.41) is 5.56. The van der Waals surface area contributed by atoms with Crippen molar-refractivity contribution in [3.8, 4) is 0 Å². The summed E-state index contributed by atoms with van der Waals surface area (Å²) in [4.78, 5) is 24.2. The second kappa shape index (κ2) is 9.18. The highest BCUT2D eigenvalue weighted by atomic mass is 16.2. The van der Waals surface area contributed by atoms with Gasteiger partial charge in [0.25, 0.3) is 0 Å². The second-order valence-electron chi connectivity index (χ2n) is 7.18. The molecule has 0 aliphatic heterocycles. The smallest absolute Gasteiger partial charge is 0.243 e. The predicted octanol–water partition coefficient (Wildman–Crippen LogP) is 3.80. The van der Waals surface area contributed by atoms with Crippen LogP contribution in [0.1, 0.15) is 36.1 Å². The fourth-order valence-corrected chi connectivity index (χ4v) is 2.89. The maximum Gasteiger partial charge on any atom is 0.243 e. The molecule has 2 amide bonds.